The zero-order valence-electron chi connectivity index (χ0n) is 12.9. The van der Waals surface area contributed by atoms with Crippen molar-refractivity contribution in [3.05, 3.63) is 48.5 Å². The van der Waals surface area contributed by atoms with Crippen LogP contribution in [-0.2, 0) is 0 Å². The van der Waals surface area contributed by atoms with E-state index in [4.69, 9.17) is 0 Å². The molecule has 2 N–H and O–H groups in total. The van der Waals surface area contributed by atoms with E-state index in [2.05, 4.69) is 44.1 Å². The fourth-order valence-electron chi connectivity index (χ4n) is 2.60. The molecule has 0 radical (unpaired) electrons. The number of nitrogens with zero attached hydrogens (tertiary/aromatic N) is 4. The fourth-order valence-corrected chi connectivity index (χ4v) is 2.60. The van der Waals surface area contributed by atoms with E-state index in [-0.39, 0.29) is 5.92 Å². The molecule has 0 spiro atoms. The summed E-state index contributed by atoms with van der Waals surface area (Å²) in [6.07, 6.45) is 3.44. The number of nitrogens with one attached hydrogen (secondary N) is 2. The van der Waals surface area contributed by atoms with E-state index in [1.807, 2.05) is 30.3 Å². The first-order chi connectivity index (χ1) is 11.2. The van der Waals surface area contributed by atoms with Crippen LogP contribution in [0.5, 0.6) is 0 Å². The molecule has 0 amide bonds. The Labute approximate surface area is 133 Å². The molecule has 114 valence electrons. The summed E-state index contributed by atoms with van der Waals surface area (Å²) >= 11 is 0. The highest BCUT2D eigenvalue weighted by Gasteiger charge is 2.13. The molecule has 0 aliphatic carbocycles. The summed E-state index contributed by atoms with van der Waals surface area (Å²) in [7, 11) is 0. The van der Waals surface area contributed by atoms with Crippen molar-refractivity contribution < 1.29 is 0 Å². The van der Waals surface area contributed by atoms with Gasteiger partial charge in [-0.3, -0.25) is 4.98 Å². The Bertz CT molecular complexity index is 989. The second-order valence-electron chi connectivity index (χ2n) is 5.72. The Morgan fingerprint density at radius 3 is 2.87 bits per heavy atom. The molecule has 3 heterocycles. The van der Waals surface area contributed by atoms with Crippen LogP contribution in [0.3, 0.4) is 0 Å². The van der Waals surface area contributed by atoms with Crippen molar-refractivity contribution >= 4 is 33.7 Å². The van der Waals surface area contributed by atoms with Crippen LogP contribution in [0, 0.1) is 0 Å². The lowest BCUT2D eigenvalue weighted by Crippen LogP contribution is -2.03. The monoisotopic (exact) mass is 304 g/mol. The predicted molar refractivity (Wildman–Crippen MR) is 90.8 cm³/mol. The number of hydrogen-bond donors (Lipinski definition) is 2. The quantitative estimate of drug-likeness (QED) is 0.602. The molecule has 0 aliphatic heterocycles. The van der Waals surface area contributed by atoms with E-state index in [0.29, 0.717) is 5.95 Å². The largest absolute Gasteiger partial charge is 0.329 e. The number of H-pyrrole nitrogens is 1. The van der Waals surface area contributed by atoms with Gasteiger partial charge in [0.15, 0.2) is 5.65 Å². The summed E-state index contributed by atoms with van der Waals surface area (Å²) in [5.41, 5.74) is 4.40. The second kappa shape index (κ2) is 5.31. The molecule has 23 heavy (non-hydrogen) atoms. The molecular formula is C17H16N6. The Kier molecular flexibility index (Phi) is 3.15. The Hall–Kier alpha value is -3.02. The number of benzene rings is 1. The van der Waals surface area contributed by atoms with E-state index < -0.39 is 0 Å². The summed E-state index contributed by atoms with van der Waals surface area (Å²) in [6, 6.07) is 9.96. The van der Waals surface area contributed by atoms with Gasteiger partial charge in [-0.1, -0.05) is 19.9 Å². The van der Waals surface area contributed by atoms with Gasteiger partial charge < -0.3 is 10.3 Å². The van der Waals surface area contributed by atoms with Crippen LogP contribution >= 0.6 is 0 Å². The van der Waals surface area contributed by atoms with Gasteiger partial charge in [0, 0.05) is 17.3 Å². The molecule has 3 aromatic heterocycles. The Morgan fingerprint density at radius 2 is 2.00 bits per heavy atom. The average molecular weight is 304 g/mol. The lowest BCUT2D eigenvalue weighted by Gasteiger charge is -2.10. The molecule has 0 saturated heterocycles. The molecule has 4 aromatic rings. The summed E-state index contributed by atoms with van der Waals surface area (Å²) in [6.45, 7) is 4.20. The third kappa shape index (κ3) is 2.48. The van der Waals surface area contributed by atoms with Crippen molar-refractivity contribution in [3.8, 4) is 0 Å². The molecule has 0 fully saturated rings. The van der Waals surface area contributed by atoms with Gasteiger partial charge in [-0.25, -0.2) is 9.97 Å². The lowest BCUT2D eigenvalue weighted by molar-refractivity contribution is 0.828. The number of fused-ring (bicyclic) bond motifs is 2. The molecule has 6 heteroatoms. The molecule has 0 bridgehead atoms. The van der Waals surface area contributed by atoms with Crippen molar-refractivity contribution in [2.24, 2.45) is 0 Å². The number of pyridine rings is 1. The first-order valence-corrected chi connectivity index (χ1v) is 7.53. The topological polar surface area (TPSA) is 79.4 Å². The maximum absolute atomic E-state index is 4.63. The third-order valence-corrected chi connectivity index (χ3v) is 3.71. The molecule has 0 atom stereocenters. The van der Waals surface area contributed by atoms with Gasteiger partial charge in [-0.05, 0) is 30.2 Å². The van der Waals surface area contributed by atoms with Gasteiger partial charge in [0.05, 0.1) is 17.5 Å². The van der Waals surface area contributed by atoms with Crippen molar-refractivity contribution in [2.45, 2.75) is 19.8 Å². The van der Waals surface area contributed by atoms with Gasteiger partial charge in [-0.2, -0.15) is 4.98 Å². The van der Waals surface area contributed by atoms with E-state index in [1.54, 1.807) is 12.5 Å². The normalized spacial score (nSPS) is 11.4. The number of anilines is 2. The van der Waals surface area contributed by atoms with Gasteiger partial charge in [0.25, 0.3) is 0 Å². The summed E-state index contributed by atoms with van der Waals surface area (Å²) in [5.74, 6) is 0.832. The maximum atomic E-state index is 4.63. The van der Waals surface area contributed by atoms with Crippen molar-refractivity contribution in [2.75, 3.05) is 5.32 Å². The maximum Gasteiger partial charge on any atom is 0.229 e. The van der Waals surface area contributed by atoms with Crippen molar-refractivity contribution in [1.29, 1.82) is 0 Å². The standard InChI is InChI=1S/C17H16N6/c1-10(2)14-15-16(20-9-19-15)23-17(22-14)21-12-5-6-13-11(8-12)4-3-7-18-13/h3-10H,1-2H3,(H2,19,20,21,22,23). The van der Waals surface area contributed by atoms with E-state index >= 15 is 0 Å². The number of aromatic nitrogens is 5. The SMILES string of the molecule is CC(C)c1nc(Nc2ccc3ncccc3c2)nc2[nH]cnc12. The van der Waals surface area contributed by atoms with E-state index in [1.165, 1.54) is 0 Å². The molecule has 0 saturated carbocycles. The highest BCUT2D eigenvalue weighted by atomic mass is 15.1. The third-order valence-electron chi connectivity index (χ3n) is 3.71. The van der Waals surface area contributed by atoms with Crippen LogP contribution in [0.15, 0.2) is 42.9 Å². The molecule has 0 unspecified atom stereocenters. The smallest absolute Gasteiger partial charge is 0.229 e. The van der Waals surface area contributed by atoms with Gasteiger partial charge >= 0.3 is 0 Å². The van der Waals surface area contributed by atoms with Crippen LogP contribution < -0.4 is 5.32 Å². The minimum absolute atomic E-state index is 0.269. The van der Waals surface area contributed by atoms with E-state index in [0.717, 1.165) is 33.4 Å². The van der Waals surface area contributed by atoms with E-state index in [9.17, 15) is 0 Å². The number of rotatable bonds is 3. The molecule has 0 aliphatic rings. The van der Waals surface area contributed by atoms with Crippen LogP contribution in [0.1, 0.15) is 25.5 Å². The number of aromatic amines is 1. The minimum Gasteiger partial charge on any atom is -0.329 e. The summed E-state index contributed by atoms with van der Waals surface area (Å²) < 4.78 is 0. The Morgan fingerprint density at radius 1 is 1.09 bits per heavy atom. The van der Waals surface area contributed by atoms with Crippen molar-refractivity contribution in [1.82, 2.24) is 24.9 Å². The average Bonchev–Trinajstić information content (AvgIpc) is 3.02. The number of hydrogen-bond acceptors (Lipinski definition) is 5. The van der Waals surface area contributed by atoms with Gasteiger partial charge in [-0.15, -0.1) is 0 Å². The Balaban J connectivity index is 1.76. The minimum atomic E-state index is 0.269. The number of imidazole rings is 1. The first kappa shape index (κ1) is 13.6. The van der Waals surface area contributed by atoms with Crippen molar-refractivity contribution in [3.63, 3.8) is 0 Å². The van der Waals surface area contributed by atoms with Crippen LogP contribution in [0.4, 0.5) is 11.6 Å². The highest BCUT2D eigenvalue weighted by molar-refractivity contribution is 5.83. The first-order valence-electron chi connectivity index (χ1n) is 7.53. The molecule has 1 aromatic carbocycles. The van der Waals surface area contributed by atoms with Crippen LogP contribution in [-0.4, -0.2) is 24.9 Å². The lowest BCUT2D eigenvalue weighted by atomic mass is 10.1. The fraction of sp³-hybridized carbons (Fsp3) is 0.176. The van der Waals surface area contributed by atoms with Gasteiger partial charge in [0.1, 0.15) is 5.52 Å². The molecular weight excluding hydrogens is 288 g/mol. The van der Waals surface area contributed by atoms with Crippen LogP contribution in [0.25, 0.3) is 22.1 Å². The van der Waals surface area contributed by atoms with Gasteiger partial charge in [0.2, 0.25) is 5.95 Å². The predicted octanol–water partition coefficient (Wildman–Crippen LogP) is 3.77. The zero-order valence-corrected chi connectivity index (χ0v) is 12.9. The zero-order chi connectivity index (χ0) is 15.8. The second-order valence-corrected chi connectivity index (χ2v) is 5.72. The van der Waals surface area contributed by atoms with Crippen LogP contribution in [0.2, 0.25) is 0 Å². The molecule has 4 rings (SSSR count). The summed E-state index contributed by atoms with van der Waals surface area (Å²) in [4.78, 5) is 20.8. The highest BCUT2D eigenvalue weighted by Crippen LogP contribution is 2.24. The molecule has 6 nitrogen and oxygen atoms in total. The summed E-state index contributed by atoms with van der Waals surface area (Å²) in [5, 5.41) is 4.35.